The topological polar surface area (TPSA) is 48.0 Å². The van der Waals surface area contributed by atoms with Crippen molar-refractivity contribution in [1.82, 2.24) is 0 Å². The highest BCUT2D eigenvalue weighted by molar-refractivity contribution is 7.19. The third-order valence-corrected chi connectivity index (χ3v) is 6.63. The number of thiophene rings is 1. The minimum Gasteiger partial charge on any atom is -0.497 e. The van der Waals surface area contributed by atoms with E-state index in [2.05, 4.69) is 0 Å². The van der Waals surface area contributed by atoms with Crippen LogP contribution in [0.1, 0.15) is 10.4 Å². The lowest BCUT2D eigenvalue weighted by molar-refractivity contribution is 0.0994. The Labute approximate surface area is 197 Å². The fraction of sp³-hybridized carbons (Fsp3) is 0.148. The van der Waals surface area contributed by atoms with Crippen molar-refractivity contribution in [2.45, 2.75) is 0 Å². The molecule has 0 aliphatic rings. The summed E-state index contributed by atoms with van der Waals surface area (Å²) in [7, 11) is 6.67. The molecule has 0 unspecified atom stereocenters. The lowest BCUT2D eigenvalue weighted by Gasteiger charge is -2.18. The summed E-state index contributed by atoms with van der Waals surface area (Å²) >= 11 is 1.57. The molecule has 0 N–H and O–H groups in total. The van der Waals surface area contributed by atoms with Gasteiger partial charge in [0.15, 0.2) is 0 Å². The van der Waals surface area contributed by atoms with Crippen LogP contribution in [0, 0.1) is 0 Å². The van der Waals surface area contributed by atoms with Crippen LogP contribution in [0.4, 0.5) is 5.69 Å². The van der Waals surface area contributed by atoms with E-state index in [0.717, 1.165) is 38.1 Å². The number of benzene rings is 3. The Morgan fingerprint density at radius 3 is 1.91 bits per heavy atom. The average molecular weight is 460 g/mol. The van der Waals surface area contributed by atoms with E-state index in [1.54, 1.807) is 44.6 Å². The molecule has 168 valence electrons. The summed E-state index contributed by atoms with van der Waals surface area (Å²) in [5, 5.41) is 0. The summed E-state index contributed by atoms with van der Waals surface area (Å²) in [5.41, 5.74) is 3.30. The molecule has 1 aromatic heterocycles. The molecule has 0 saturated carbocycles. The number of anilines is 1. The van der Waals surface area contributed by atoms with Gasteiger partial charge in [0.1, 0.15) is 17.2 Å². The molecular formula is C27H25NO4S. The van der Waals surface area contributed by atoms with E-state index in [1.165, 1.54) is 0 Å². The molecule has 0 saturated heterocycles. The van der Waals surface area contributed by atoms with Gasteiger partial charge < -0.3 is 19.1 Å². The highest BCUT2D eigenvalue weighted by Crippen LogP contribution is 2.41. The van der Waals surface area contributed by atoms with Gasteiger partial charge in [0.05, 0.1) is 26.9 Å². The SMILES string of the molecule is COc1cccc(-c2cc(C(=O)N(C)c3cccc(OC)c3)c(-c3cccc(OC)c3)s2)c1. The predicted molar refractivity (Wildman–Crippen MR) is 134 cm³/mol. The van der Waals surface area contributed by atoms with Crippen molar-refractivity contribution in [3.05, 3.63) is 84.4 Å². The van der Waals surface area contributed by atoms with Crippen molar-refractivity contribution in [1.29, 1.82) is 0 Å². The summed E-state index contributed by atoms with van der Waals surface area (Å²) in [6, 6.07) is 25.0. The van der Waals surface area contributed by atoms with E-state index in [-0.39, 0.29) is 5.91 Å². The fourth-order valence-electron chi connectivity index (χ4n) is 3.56. The van der Waals surface area contributed by atoms with Crippen LogP contribution in [-0.2, 0) is 0 Å². The Morgan fingerprint density at radius 2 is 1.27 bits per heavy atom. The van der Waals surface area contributed by atoms with E-state index in [4.69, 9.17) is 14.2 Å². The second kappa shape index (κ2) is 9.79. The van der Waals surface area contributed by atoms with Crippen molar-refractivity contribution in [2.24, 2.45) is 0 Å². The molecule has 0 radical (unpaired) electrons. The molecule has 0 fully saturated rings. The lowest BCUT2D eigenvalue weighted by Crippen LogP contribution is -2.26. The molecule has 6 heteroatoms. The first-order chi connectivity index (χ1) is 16.0. The molecule has 4 aromatic rings. The maximum absolute atomic E-state index is 13.7. The van der Waals surface area contributed by atoms with Gasteiger partial charge in [-0.1, -0.05) is 30.3 Å². The standard InChI is InChI=1S/C27H25NO4S/c1-28(20-10-7-13-23(16-20)32-4)27(29)24-17-25(18-8-5-11-21(14-18)30-2)33-26(24)19-9-6-12-22(15-19)31-3/h5-17H,1-4H3. The number of carbonyl (C=O) groups excluding carboxylic acids is 1. The molecule has 0 spiro atoms. The molecule has 33 heavy (non-hydrogen) atoms. The number of methoxy groups -OCH3 is 3. The summed E-state index contributed by atoms with van der Waals surface area (Å²) in [5.74, 6) is 2.10. The summed E-state index contributed by atoms with van der Waals surface area (Å²) in [6.07, 6.45) is 0. The first kappa shape index (κ1) is 22.4. The number of hydrogen-bond acceptors (Lipinski definition) is 5. The van der Waals surface area contributed by atoms with Gasteiger partial charge in [-0.3, -0.25) is 4.79 Å². The molecule has 0 atom stereocenters. The van der Waals surface area contributed by atoms with Crippen LogP contribution < -0.4 is 19.1 Å². The largest absolute Gasteiger partial charge is 0.497 e. The van der Waals surface area contributed by atoms with E-state index in [0.29, 0.717) is 11.3 Å². The van der Waals surface area contributed by atoms with Crippen molar-refractivity contribution in [3.63, 3.8) is 0 Å². The summed E-state index contributed by atoms with van der Waals surface area (Å²) in [4.78, 5) is 17.2. The Hall–Kier alpha value is -3.77. The normalized spacial score (nSPS) is 10.5. The van der Waals surface area contributed by atoms with Gasteiger partial charge in [0.25, 0.3) is 5.91 Å². The molecule has 5 nitrogen and oxygen atoms in total. The number of nitrogens with zero attached hydrogens (tertiary/aromatic N) is 1. The second-order valence-electron chi connectivity index (χ2n) is 7.38. The highest BCUT2D eigenvalue weighted by Gasteiger charge is 2.23. The van der Waals surface area contributed by atoms with Crippen LogP contribution in [0.5, 0.6) is 17.2 Å². The quantitative estimate of drug-likeness (QED) is 0.322. The molecule has 1 amide bonds. The van der Waals surface area contributed by atoms with Crippen LogP contribution in [0.15, 0.2) is 78.9 Å². The average Bonchev–Trinajstić information content (AvgIpc) is 3.33. The van der Waals surface area contributed by atoms with Gasteiger partial charge in [-0.15, -0.1) is 11.3 Å². The van der Waals surface area contributed by atoms with Crippen LogP contribution in [0.2, 0.25) is 0 Å². The minimum atomic E-state index is -0.105. The molecule has 3 aromatic carbocycles. The van der Waals surface area contributed by atoms with Gasteiger partial charge >= 0.3 is 0 Å². The van der Waals surface area contributed by atoms with Crippen molar-refractivity contribution in [2.75, 3.05) is 33.3 Å². The third-order valence-electron chi connectivity index (χ3n) is 5.39. The zero-order valence-corrected chi connectivity index (χ0v) is 19.8. The second-order valence-corrected chi connectivity index (χ2v) is 8.44. The first-order valence-electron chi connectivity index (χ1n) is 10.4. The van der Waals surface area contributed by atoms with Gasteiger partial charge in [-0.05, 0) is 53.6 Å². The molecular weight excluding hydrogens is 434 g/mol. The van der Waals surface area contributed by atoms with Crippen LogP contribution in [-0.4, -0.2) is 34.3 Å². The zero-order valence-electron chi connectivity index (χ0n) is 19.0. The molecule has 0 aliphatic heterocycles. The van der Waals surface area contributed by atoms with E-state index in [1.807, 2.05) is 78.9 Å². The van der Waals surface area contributed by atoms with Crippen LogP contribution >= 0.6 is 11.3 Å². The number of hydrogen-bond donors (Lipinski definition) is 0. The Morgan fingerprint density at radius 1 is 0.727 bits per heavy atom. The fourth-order valence-corrected chi connectivity index (χ4v) is 4.71. The lowest BCUT2D eigenvalue weighted by atomic mass is 10.1. The van der Waals surface area contributed by atoms with Gasteiger partial charge in [0, 0.05) is 28.6 Å². The van der Waals surface area contributed by atoms with Crippen molar-refractivity contribution < 1.29 is 19.0 Å². The van der Waals surface area contributed by atoms with Crippen molar-refractivity contribution in [3.8, 4) is 38.1 Å². The van der Waals surface area contributed by atoms with Crippen molar-refractivity contribution >= 4 is 22.9 Å². The van der Waals surface area contributed by atoms with Gasteiger partial charge in [-0.2, -0.15) is 0 Å². The molecule has 1 heterocycles. The number of rotatable bonds is 7. The Balaban J connectivity index is 1.82. The number of amides is 1. The maximum atomic E-state index is 13.7. The maximum Gasteiger partial charge on any atom is 0.259 e. The zero-order chi connectivity index (χ0) is 23.4. The predicted octanol–water partition coefficient (Wildman–Crippen LogP) is 6.38. The summed E-state index contributed by atoms with van der Waals surface area (Å²) < 4.78 is 16.1. The van der Waals surface area contributed by atoms with E-state index in [9.17, 15) is 4.79 Å². The smallest absolute Gasteiger partial charge is 0.259 e. The Kier molecular flexibility index (Phi) is 6.66. The molecule has 0 bridgehead atoms. The minimum absolute atomic E-state index is 0.105. The van der Waals surface area contributed by atoms with E-state index < -0.39 is 0 Å². The highest BCUT2D eigenvalue weighted by atomic mass is 32.1. The monoisotopic (exact) mass is 459 g/mol. The first-order valence-corrected chi connectivity index (χ1v) is 11.2. The third kappa shape index (κ3) is 4.71. The van der Waals surface area contributed by atoms with E-state index >= 15 is 0 Å². The summed E-state index contributed by atoms with van der Waals surface area (Å²) in [6.45, 7) is 0. The number of carbonyl (C=O) groups is 1. The number of ether oxygens (including phenoxy) is 3. The Bertz CT molecular complexity index is 1280. The molecule has 0 aliphatic carbocycles. The van der Waals surface area contributed by atoms with Gasteiger partial charge in [-0.25, -0.2) is 0 Å². The van der Waals surface area contributed by atoms with Gasteiger partial charge in [0.2, 0.25) is 0 Å². The van der Waals surface area contributed by atoms with Crippen LogP contribution in [0.25, 0.3) is 20.9 Å². The van der Waals surface area contributed by atoms with Crippen LogP contribution in [0.3, 0.4) is 0 Å². The molecule has 4 rings (SSSR count).